The zero-order chi connectivity index (χ0) is 14.6. The number of rotatable bonds is 4. The van der Waals surface area contributed by atoms with Crippen molar-refractivity contribution in [2.24, 2.45) is 5.41 Å². The van der Waals surface area contributed by atoms with E-state index in [1.54, 1.807) is 0 Å². The van der Waals surface area contributed by atoms with Crippen molar-refractivity contribution in [3.05, 3.63) is 60.2 Å². The number of benzene rings is 2. The van der Waals surface area contributed by atoms with Crippen molar-refractivity contribution >= 4 is 15.9 Å². The summed E-state index contributed by atoms with van der Waals surface area (Å²) >= 11 is 3.77. The van der Waals surface area contributed by atoms with Crippen molar-refractivity contribution in [2.45, 2.75) is 32.0 Å². The zero-order valence-electron chi connectivity index (χ0n) is 12.3. The molecule has 0 amide bonds. The number of ether oxygens (including phenoxy) is 1. The number of hydrogen-bond acceptors (Lipinski definition) is 1. The van der Waals surface area contributed by atoms with E-state index >= 15 is 0 Å². The van der Waals surface area contributed by atoms with Crippen LogP contribution < -0.4 is 4.74 Å². The Morgan fingerprint density at radius 1 is 0.900 bits per heavy atom. The smallest absolute Gasteiger partial charge is 0.127 e. The summed E-state index contributed by atoms with van der Waals surface area (Å²) in [4.78, 5) is 0.383. The molecule has 0 fully saturated rings. The SMILES string of the molecule is CC(C)(C)CC(Br)c1ccc(Oc2ccccc2)cc1. The van der Waals surface area contributed by atoms with Crippen LogP contribution in [0.15, 0.2) is 54.6 Å². The van der Waals surface area contributed by atoms with Gasteiger partial charge in [-0.05, 0) is 41.7 Å². The van der Waals surface area contributed by atoms with Crippen molar-refractivity contribution in [1.29, 1.82) is 0 Å². The summed E-state index contributed by atoms with van der Waals surface area (Å²) < 4.78 is 5.80. The van der Waals surface area contributed by atoms with Gasteiger partial charge >= 0.3 is 0 Å². The van der Waals surface area contributed by atoms with Crippen molar-refractivity contribution in [3.8, 4) is 11.5 Å². The summed E-state index contributed by atoms with van der Waals surface area (Å²) in [6.07, 6.45) is 1.10. The van der Waals surface area contributed by atoms with E-state index in [4.69, 9.17) is 4.74 Å². The Labute approximate surface area is 130 Å². The van der Waals surface area contributed by atoms with E-state index in [0.717, 1.165) is 17.9 Å². The minimum absolute atomic E-state index is 0.313. The molecule has 0 saturated heterocycles. The predicted molar refractivity (Wildman–Crippen MR) is 88.7 cm³/mol. The van der Waals surface area contributed by atoms with Gasteiger partial charge in [0.2, 0.25) is 0 Å². The first-order valence-corrected chi connectivity index (χ1v) is 7.82. The molecule has 0 aromatic heterocycles. The minimum atomic E-state index is 0.313. The molecule has 0 N–H and O–H groups in total. The number of hydrogen-bond donors (Lipinski definition) is 0. The molecule has 0 bridgehead atoms. The standard InChI is InChI=1S/C18H21BrO/c1-18(2,3)13-17(19)14-9-11-16(12-10-14)20-15-7-5-4-6-8-15/h4-12,17H,13H2,1-3H3. The van der Waals surface area contributed by atoms with E-state index in [0.29, 0.717) is 10.2 Å². The van der Waals surface area contributed by atoms with Gasteiger partial charge in [0.1, 0.15) is 11.5 Å². The summed E-state index contributed by atoms with van der Waals surface area (Å²) in [5.74, 6) is 1.74. The molecule has 2 aromatic carbocycles. The highest BCUT2D eigenvalue weighted by Gasteiger charge is 2.17. The van der Waals surface area contributed by atoms with Gasteiger partial charge in [0, 0.05) is 4.83 Å². The van der Waals surface area contributed by atoms with Crippen molar-refractivity contribution < 1.29 is 4.74 Å². The van der Waals surface area contributed by atoms with Crippen LogP contribution in [0.5, 0.6) is 11.5 Å². The molecule has 0 saturated carbocycles. The van der Waals surface area contributed by atoms with Crippen molar-refractivity contribution in [2.75, 3.05) is 0 Å². The number of para-hydroxylation sites is 1. The van der Waals surface area contributed by atoms with Crippen LogP contribution in [0.3, 0.4) is 0 Å². The highest BCUT2D eigenvalue weighted by atomic mass is 79.9. The molecule has 0 radical (unpaired) electrons. The number of halogens is 1. The van der Waals surface area contributed by atoms with E-state index in [1.807, 2.05) is 42.5 Å². The largest absolute Gasteiger partial charge is 0.457 e. The lowest BCUT2D eigenvalue weighted by atomic mass is 9.88. The van der Waals surface area contributed by atoms with E-state index in [1.165, 1.54) is 5.56 Å². The van der Waals surface area contributed by atoms with Gasteiger partial charge in [-0.1, -0.05) is 67.0 Å². The number of alkyl halides is 1. The average molecular weight is 333 g/mol. The minimum Gasteiger partial charge on any atom is -0.457 e. The van der Waals surface area contributed by atoms with Crippen molar-refractivity contribution in [3.63, 3.8) is 0 Å². The van der Waals surface area contributed by atoms with E-state index in [2.05, 4.69) is 48.8 Å². The third-order valence-electron chi connectivity index (χ3n) is 3.01. The van der Waals surface area contributed by atoms with Crippen LogP contribution in [0.4, 0.5) is 0 Å². The van der Waals surface area contributed by atoms with Gasteiger partial charge in [-0.3, -0.25) is 0 Å². The van der Waals surface area contributed by atoms with Gasteiger partial charge < -0.3 is 4.74 Å². The van der Waals surface area contributed by atoms with E-state index in [-0.39, 0.29) is 0 Å². The molecule has 1 unspecified atom stereocenters. The van der Waals surface area contributed by atoms with Crippen LogP contribution in [0.1, 0.15) is 37.6 Å². The van der Waals surface area contributed by atoms with Gasteiger partial charge in [-0.25, -0.2) is 0 Å². The molecule has 2 aromatic rings. The fourth-order valence-corrected chi connectivity index (χ4v) is 3.30. The second-order valence-corrected chi connectivity index (χ2v) is 7.32. The van der Waals surface area contributed by atoms with Crippen LogP contribution in [-0.2, 0) is 0 Å². The Morgan fingerprint density at radius 3 is 2.00 bits per heavy atom. The maximum Gasteiger partial charge on any atom is 0.127 e. The fraction of sp³-hybridized carbons (Fsp3) is 0.333. The lowest BCUT2D eigenvalue weighted by molar-refractivity contribution is 0.377. The molecular formula is C18H21BrO. The third-order valence-corrected chi connectivity index (χ3v) is 3.86. The molecule has 20 heavy (non-hydrogen) atoms. The summed E-state index contributed by atoms with van der Waals surface area (Å²) in [6, 6.07) is 18.2. The first-order valence-electron chi connectivity index (χ1n) is 6.91. The molecule has 2 heteroatoms. The van der Waals surface area contributed by atoms with E-state index in [9.17, 15) is 0 Å². The van der Waals surface area contributed by atoms with Gasteiger partial charge in [0.15, 0.2) is 0 Å². The molecule has 1 nitrogen and oxygen atoms in total. The molecule has 0 aliphatic heterocycles. The molecule has 0 spiro atoms. The van der Waals surface area contributed by atoms with Gasteiger partial charge in [0.05, 0.1) is 0 Å². The Bertz CT molecular complexity index is 526. The van der Waals surface area contributed by atoms with Gasteiger partial charge in [-0.2, -0.15) is 0 Å². The van der Waals surface area contributed by atoms with Crippen molar-refractivity contribution in [1.82, 2.24) is 0 Å². The normalized spacial score (nSPS) is 13.0. The summed E-state index contributed by atoms with van der Waals surface area (Å²) in [5.41, 5.74) is 1.60. The van der Waals surface area contributed by atoms with Crippen LogP contribution in [0, 0.1) is 5.41 Å². The maximum atomic E-state index is 5.80. The quantitative estimate of drug-likeness (QED) is 0.592. The topological polar surface area (TPSA) is 9.23 Å². The monoisotopic (exact) mass is 332 g/mol. The first-order chi connectivity index (χ1) is 9.44. The second-order valence-electron chi connectivity index (χ2n) is 6.22. The molecule has 106 valence electrons. The summed E-state index contributed by atoms with van der Waals surface area (Å²) in [7, 11) is 0. The lowest BCUT2D eigenvalue weighted by Gasteiger charge is -2.22. The van der Waals surface area contributed by atoms with Crippen LogP contribution in [0.2, 0.25) is 0 Å². The van der Waals surface area contributed by atoms with Gasteiger partial charge in [0.25, 0.3) is 0 Å². The van der Waals surface area contributed by atoms with Crippen LogP contribution in [0.25, 0.3) is 0 Å². The van der Waals surface area contributed by atoms with E-state index < -0.39 is 0 Å². The Morgan fingerprint density at radius 2 is 1.45 bits per heavy atom. The first kappa shape index (κ1) is 15.1. The maximum absolute atomic E-state index is 5.80. The Balaban J connectivity index is 2.03. The van der Waals surface area contributed by atoms with Gasteiger partial charge in [-0.15, -0.1) is 0 Å². The third kappa shape index (κ3) is 4.68. The molecule has 2 rings (SSSR count). The Kier molecular flexibility index (Phi) is 4.87. The zero-order valence-corrected chi connectivity index (χ0v) is 13.9. The Hall–Kier alpha value is -1.28. The summed E-state index contributed by atoms with van der Waals surface area (Å²) in [5, 5.41) is 0. The second kappa shape index (κ2) is 6.45. The van der Waals surface area contributed by atoms with Crippen LogP contribution in [-0.4, -0.2) is 0 Å². The molecule has 1 atom stereocenters. The average Bonchev–Trinajstić information content (AvgIpc) is 2.39. The molecule has 0 aliphatic carbocycles. The fourth-order valence-electron chi connectivity index (χ4n) is 2.02. The molecular weight excluding hydrogens is 312 g/mol. The highest BCUT2D eigenvalue weighted by molar-refractivity contribution is 9.09. The highest BCUT2D eigenvalue weighted by Crippen LogP contribution is 2.36. The molecule has 0 heterocycles. The lowest BCUT2D eigenvalue weighted by Crippen LogP contribution is -2.08. The summed E-state index contributed by atoms with van der Waals surface area (Å²) in [6.45, 7) is 6.77. The van der Waals surface area contributed by atoms with Crippen LogP contribution >= 0.6 is 15.9 Å². The predicted octanol–water partition coefficient (Wildman–Crippen LogP) is 6.35. The molecule has 0 aliphatic rings.